The molecule has 4 rings (SSSR count). The van der Waals surface area contributed by atoms with Crippen LogP contribution in [0.5, 0.6) is 0 Å². The van der Waals surface area contributed by atoms with Crippen LogP contribution < -0.4 is 0 Å². The van der Waals surface area contributed by atoms with Crippen LogP contribution in [0.15, 0.2) is 42.0 Å². The molecule has 0 spiro atoms. The van der Waals surface area contributed by atoms with E-state index in [4.69, 9.17) is 17.3 Å². The standard InChI is InChI=1S/C18H21N5O2S3/c1-21-17(14-4-7-19-8-5-14)20-23(18(21)26)13-22(11-16-3-2-9-27-16)15-6-10-28(24,25)12-15/h2-5,7-9,15H,6,10-13H2,1H3/t15-/m1/s1. The number of aromatic nitrogens is 4. The minimum absolute atomic E-state index is 0.0274. The zero-order chi connectivity index (χ0) is 19.7. The normalized spacial score (nSPS) is 18.7. The van der Waals surface area contributed by atoms with Crippen molar-refractivity contribution in [2.75, 3.05) is 11.5 Å². The third-order valence-corrected chi connectivity index (χ3v) is 8.05. The summed E-state index contributed by atoms with van der Waals surface area (Å²) < 4.78 is 28.3. The number of rotatable bonds is 6. The van der Waals surface area contributed by atoms with Crippen molar-refractivity contribution in [1.82, 2.24) is 24.2 Å². The lowest BCUT2D eigenvalue weighted by atomic mass is 10.2. The second-order valence-corrected chi connectivity index (χ2v) is 10.6. The van der Waals surface area contributed by atoms with Crippen molar-refractivity contribution in [2.24, 2.45) is 7.05 Å². The third kappa shape index (κ3) is 4.09. The maximum absolute atomic E-state index is 12.0. The van der Waals surface area contributed by atoms with Gasteiger partial charge >= 0.3 is 0 Å². The Morgan fingerprint density at radius 2 is 2.11 bits per heavy atom. The lowest BCUT2D eigenvalue weighted by Gasteiger charge is -2.27. The van der Waals surface area contributed by atoms with Gasteiger partial charge in [0, 0.05) is 42.5 Å². The minimum Gasteiger partial charge on any atom is -0.303 e. The average molecular weight is 436 g/mol. The number of sulfone groups is 1. The summed E-state index contributed by atoms with van der Waals surface area (Å²) in [5.74, 6) is 1.20. The van der Waals surface area contributed by atoms with Gasteiger partial charge in [-0.3, -0.25) is 9.88 Å². The molecule has 0 amide bonds. The molecule has 1 atom stereocenters. The molecular formula is C18H21N5O2S3. The summed E-state index contributed by atoms with van der Waals surface area (Å²) >= 11 is 7.28. The Morgan fingerprint density at radius 1 is 1.32 bits per heavy atom. The van der Waals surface area contributed by atoms with E-state index in [0.717, 1.165) is 11.4 Å². The second kappa shape index (κ2) is 7.86. The van der Waals surface area contributed by atoms with E-state index in [1.807, 2.05) is 35.2 Å². The van der Waals surface area contributed by atoms with Crippen LogP contribution in [0.25, 0.3) is 11.4 Å². The Labute approximate surface area is 173 Å². The van der Waals surface area contributed by atoms with Crippen LogP contribution >= 0.6 is 23.6 Å². The lowest BCUT2D eigenvalue weighted by molar-refractivity contribution is 0.147. The summed E-state index contributed by atoms with van der Waals surface area (Å²) in [7, 11) is -1.08. The van der Waals surface area contributed by atoms with Crippen molar-refractivity contribution in [3.8, 4) is 11.4 Å². The van der Waals surface area contributed by atoms with Gasteiger partial charge in [-0.25, -0.2) is 13.1 Å². The topological polar surface area (TPSA) is 73.0 Å². The van der Waals surface area contributed by atoms with Gasteiger partial charge < -0.3 is 4.57 Å². The van der Waals surface area contributed by atoms with E-state index < -0.39 is 9.84 Å². The maximum atomic E-state index is 12.0. The summed E-state index contributed by atoms with van der Waals surface area (Å²) in [5.41, 5.74) is 0.940. The molecule has 0 radical (unpaired) electrons. The van der Waals surface area contributed by atoms with E-state index in [9.17, 15) is 8.42 Å². The Hall–Kier alpha value is -1.88. The fourth-order valence-corrected chi connectivity index (χ4v) is 6.14. The van der Waals surface area contributed by atoms with Crippen molar-refractivity contribution < 1.29 is 8.42 Å². The predicted octanol–water partition coefficient (Wildman–Crippen LogP) is 2.72. The number of hydrogen-bond donors (Lipinski definition) is 0. The van der Waals surface area contributed by atoms with Gasteiger partial charge in [0.05, 0.1) is 18.2 Å². The quantitative estimate of drug-likeness (QED) is 0.555. The van der Waals surface area contributed by atoms with E-state index in [0.29, 0.717) is 24.4 Å². The molecule has 0 saturated carbocycles. The molecule has 3 aromatic rings. The van der Waals surface area contributed by atoms with Gasteiger partial charge in [-0.1, -0.05) is 6.07 Å². The Bertz CT molecular complexity index is 1100. The van der Waals surface area contributed by atoms with E-state index in [1.165, 1.54) is 4.88 Å². The highest BCUT2D eigenvalue weighted by atomic mass is 32.2. The van der Waals surface area contributed by atoms with Crippen LogP contribution in [0.2, 0.25) is 0 Å². The monoisotopic (exact) mass is 435 g/mol. The third-order valence-electron chi connectivity index (χ3n) is 4.96. The molecule has 28 heavy (non-hydrogen) atoms. The van der Waals surface area contributed by atoms with Gasteiger partial charge in [-0.2, -0.15) is 5.10 Å². The molecule has 0 unspecified atom stereocenters. The highest BCUT2D eigenvalue weighted by molar-refractivity contribution is 7.91. The summed E-state index contributed by atoms with van der Waals surface area (Å²) in [6, 6.07) is 7.85. The van der Waals surface area contributed by atoms with Crippen molar-refractivity contribution in [2.45, 2.75) is 25.7 Å². The van der Waals surface area contributed by atoms with Gasteiger partial charge in [0.15, 0.2) is 20.4 Å². The SMILES string of the molecule is Cn1c(-c2ccncc2)nn(CN(Cc2cccs2)[C@@H]2CCS(=O)(=O)C2)c1=S. The molecule has 0 aromatic carbocycles. The molecule has 1 aliphatic heterocycles. The average Bonchev–Trinajstić information content (AvgIpc) is 3.38. The molecule has 0 bridgehead atoms. The molecular weight excluding hydrogens is 414 g/mol. The molecule has 3 aromatic heterocycles. The first-order valence-corrected chi connectivity index (χ1v) is 12.0. The largest absolute Gasteiger partial charge is 0.303 e. The lowest BCUT2D eigenvalue weighted by Crippen LogP contribution is -2.37. The first kappa shape index (κ1) is 19.4. The summed E-state index contributed by atoms with van der Waals surface area (Å²) in [6.07, 6.45) is 4.10. The number of nitrogens with zero attached hydrogens (tertiary/aromatic N) is 5. The van der Waals surface area contributed by atoms with Gasteiger partial charge in [-0.05, 0) is 42.2 Å². The van der Waals surface area contributed by atoms with Crippen LogP contribution in [0, 0.1) is 4.77 Å². The molecule has 4 heterocycles. The smallest absolute Gasteiger partial charge is 0.199 e. The van der Waals surface area contributed by atoms with E-state index in [1.54, 1.807) is 28.4 Å². The number of pyridine rings is 1. The maximum Gasteiger partial charge on any atom is 0.199 e. The Morgan fingerprint density at radius 3 is 2.75 bits per heavy atom. The molecule has 7 nitrogen and oxygen atoms in total. The molecule has 10 heteroatoms. The number of thiophene rings is 1. The fraction of sp³-hybridized carbons (Fsp3) is 0.389. The molecule has 0 aliphatic carbocycles. The summed E-state index contributed by atoms with van der Waals surface area (Å²) in [4.78, 5) is 7.42. The zero-order valence-electron chi connectivity index (χ0n) is 15.4. The van der Waals surface area contributed by atoms with Crippen molar-refractivity contribution in [1.29, 1.82) is 0 Å². The highest BCUT2D eigenvalue weighted by Crippen LogP contribution is 2.23. The summed E-state index contributed by atoms with van der Waals surface area (Å²) in [5, 5.41) is 6.75. The number of hydrogen-bond acceptors (Lipinski definition) is 7. The molecule has 1 aliphatic rings. The Balaban J connectivity index is 1.64. The van der Waals surface area contributed by atoms with E-state index in [-0.39, 0.29) is 17.5 Å². The van der Waals surface area contributed by atoms with Crippen LogP contribution in [0.1, 0.15) is 11.3 Å². The fourth-order valence-electron chi connectivity index (χ4n) is 3.47. The minimum atomic E-state index is -2.97. The van der Waals surface area contributed by atoms with Gasteiger partial charge in [0.2, 0.25) is 0 Å². The summed E-state index contributed by atoms with van der Waals surface area (Å²) in [6.45, 7) is 1.14. The van der Waals surface area contributed by atoms with Crippen LogP contribution in [-0.4, -0.2) is 50.2 Å². The van der Waals surface area contributed by atoms with Gasteiger partial charge in [-0.15, -0.1) is 11.3 Å². The van der Waals surface area contributed by atoms with Crippen molar-refractivity contribution in [3.63, 3.8) is 0 Å². The molecule has 1 saturated heterocycles. The van der Waals surface area contributed by atoms with Crippen molar-refractivity contribution in [3.05, 3.63) is 51.7 Å². The second-order valence-electron chi connectivity index (χ2n) is 6.93. The van der Waals surface area contributed by atoms with Gasteiger partial charge in [0.1, 0.15) is 0 Å². The molecule has 1 fully saturated rings. The molecule has 0 N–H and O–H groups in total. The predicted molar refractivity (Wildman–Crippen MR) is 112 cm³/mol. The van der Waals surface area contributed by atoms with E-state index in [2.05, 4.69) is 16.0 Å². The Kier molecular flexibility index (Phi) is 5.46. The van der Waals surface area contributed by atoms with E-state index >= 15 is 0 Å². The highest BCUT2D eigenvalue weighted by Gasteiger charge is 2.33. The zero-order valence-corrected chi connectivity index (χ0v) is 17.9. The van der Waals surface area contributed by atoms with Crippen LogP contribution in [0.4, 0.5) is 0 Å². The van der Waals surface area contributed by atoms with Gasteiger partial charge in [0.25, 0.3) is 0 Å². The van der Waals surface area contributed by atoms with Crippen LogP contribution in [-0.2, 0) is 30.1 Å². The van der Waals surface area contributed by atoms with Crippen LogP contribution in [0.3, 0.4) is 0 Å². The first-order chi connectivity index (χ1) is 13.4. The van der Waals surface area contributed by atoms with Crippen molar-refractivity contribution >= 4 is 33.4 Å². The first-order valence-electron chi connectivity index (χ1n) is 8.94. The molecule has 148 valence electrons.